The maximum atomic E-state index is 9.82. The molecule has 0 atom stereocenters. The van der Waals surface area contributed by atoms with Gasteiger partial charge in [0, 0.05) is 0 Å². The smallest absolute Gasteiger partial charge is 0.161 e. The molecule has 0 saturated carbocycles. The molecule has 3 aromatic rings. The zero-order valence-corrected chi connectivity index (χ0v) is 10.8. The van der Waals surface area contributed by atoms with Crippen LogP contribution in [0.1, 0.15) is 0 Å². The summed E-state index contributed by atoms with van der Waals surface area (Å²) in [4.78, 5) is 0. The van der Waals surface area contributed by atoms with E-state index >= 15 is 0 Å². The van der Waals surface area contributed by atoms with Gasteiger partial charge in [-0.15, -0.1) is 0 Å². The molecule has 0 aliphatic heterocycles. The first kappa shape index (κ1) is 11.7. The quantitative estimate of drug-likeness (QED) is 0.708. The highest BCUT2D eigenvalue weighted by Gasteiger charge is 2.07. The van der Waals surface area contributed by atoms with Gasteiger partial charge in [-0.3, -0.25) is 0 Å². The lowest BCUT2D eigenvalue weighted by Crippen LogP contribution is -1.86. The molecule has 1 N–H and O–H groups in total. The molecule has 0 radical (unpaired) electrons. The van der Waals surface area contributed by atoms with Crippen LogP contribution in [-0.4, -0.2) is 19.3 Å². The Balaban J connectivity index is 2.38. The highest BCUT2D eigenvalue weighted by atomic mass is 16.5. The van der Waals surface area contributed by atoms with Gasteiger partial charge in [0.1, 0.15) is 5.75 Å². The monoisotopic (exact) mass is 254 g/mol. The summed E-state index contributed by atoms with van der Waals surface area (Å²) >= 11 is 0. The molecule has 0 unspecified atom stereocenters. The lowest BCUT2D eigenvalue weighted by Gasteiger charge is -2.09. The van der Waals surface area contributed by atoms with Crippen molar-refractivity contribution in [2.45, 2.75) is 0 Å². The summed E-state index contributed by atoms with van der Waals surface area (Å²) in [5, 5.41) is 14.1. The molecule has 0 spiro atoms. The van der Waals surface area contributed by atoms with Crippen LogP contribution in [0.15, 0.2) is 42.5 Å². The van der Waals surface area contributed by atoms with Gasteiger partial charge < -0.3 is 14.6 Å². The summed E-state index contributed by atoms with van der Waals surface area (Å²) in [6.45, 7) is 0. The highest BCUT2D eigenvalue weighted by Crippen LogP contribution is 2.35. The molecule has 3 nitrogen and oxygen atoms in total. The molecule has 96 valence electrons. The molecule has 3 aromatic carbocycles. The fraction of sp³-hybridized carbons (Fsp3) is 0.125. The van der Waals surface area contributed by atoms with Gasteiger partial charge in [0.05, 0.1) is 14.2 Å². The van der Waals surface area contributed by atoms with Crippen molar-refractivity contribution in [3.8, 4) is 17.2 Å². The fourth-order valence-corrected chi connectivity index (χ4v) is 2.35. The molecule has 0 aliphatic carbocycles. The second-order valence-electron chi connectivity index (χ2n) is 4.40. The van der Waals surface area contributed by atoms with Gasteiger partial charge in [-0.25, -0.2) is 0 Å². The third-order valence-electron chi connectivity index (χ3n) is 3.34. The average Bonchev–Trinajstić information content (AvgIpc) is 2.45. The summed E-state index contributed by atoms with van der Waals surface area (Å²) in [5.74, 6) is 1.47. The molecule has 3 heteroatoms. The van der Waals surface area contributed by atoms with Gasteiger partial charge in [-0.1, -0.05) is 18.2 Å². The summed E-state index contributed by atoms with van der Waals surface area (Å²) in [6.07, 6.45) is 0. The van der Waals surface area contributed by atoms with E-state index in [0.29, 0.717) is 5.75 Å². The molecule has 0 aliphatic rings. The van der Waals surface area contributed by atoms with Crippen LogP contribution >= 0.6 is 0 Å². The van der Waals surface area contributed by atoms with Gasteiger partial charge >= 0.3 is 0 Å². The van der Waals surface area contributed by atoms with Crippen LogP contribution in [0.4, 0.5) is 0 Å². The van der Waals surface area contributed by atoms with Crippen molar-refractivity contribution in [2.24, 2.45) is 0 Å². The Morgan fingerprint density at radius 1 is 0.789 bits per heavy atom. The summed E-state index contributed by atoms with van der Waals surface area (Å²) in [6, 6.07) is 13.5. The number of methoxy groups -OCH3 is 2. The molecule has 3 rings (SSSR count). The third-order valence-corrected chi connectivity index (χ3v) is 3.34. The highest BCUT2D eigenvalue weighted by molar-refractivity contribution is 6.08. The van der Waals surface area contributed by atoms with Gasteiger partial charge in [-0.2, -0.15) is 0 Å². The van der Waals surface area contributed by atoms with Gasteiger partial charge in [0.2, 0.25) is 0 Å². The van der Waals surface area contributed by atoms with E-state index in [-0.39, 0.29) is 5.75 Å². The van der Waals surface area contributed by atoms with Crippen LogP contribution < -0.4 is 9.47 Å². The standard InChI is InChI=1S/C16H14O3/c1-18-12-5-6-13-10(7-12)3-4-11-8-15(17)16(19-2)9-14(11)13/h3-9,17H,1-2H3. The van der Waals surface area contributed by atoms with Crippen molar-refractivity contribution in [3.05, 3.63) is 42.5 Å². The second kappa shape index (κ2) is 4.35. The summed E-state index contributed by atoms with van der Waals surface area (Å²) in [5.41, 5.74) is 0. The molecular formula is C16H14O3. The molecule has 0 aromatic heterocycles. The van der Waals surface area contributed by atoms with Crippen LogP contribution in [-0.2, 0) is 0 Å². The predicted octanol–water partition coefficient (Wildman–Crippen LogP) is 3.72. The van der Waals surface area contributed by atoms with E-state index < -0.39 is 0 Å². The van der Waals surface area contributed by atoms with E-state index in [4.69, 9.17) is 9.47 Å². The Kier molecular flexibility index (Phi) is 2.67. The largest absolute Gasteiger partial charge is 0.504 e. The minimum Gasteiger partial charge on any atom is -0.504 e. The number of ether oxygens (including phenoxy) is 2. The number of hydrogen-bond acceptors (Lipinski definition) is 3. The Bertz CT molecular complexity index is 763. The first-order valence-electron chi connectivity index (χ1n) is 6.00. The van der Waals surface area contributed by atoms with Crippen LogP contribution in [0.5, 0.6) is 17.2 Å². The first-order valence-corrected chi connectivity index (χ1v) is 6.00. The maximum absolute atomic E-state index is 9.82. The Morgan fingerprint density at radius 2 is 1.53 bits per heavy atom. The van der Waals surface area contributed by atoms with Crippen molar-refractivity contribution in [2.75, 3.05) is 14.2 Å². The van der Waals surface area contributed by atoms with Crippen LogP contribution in [0.25, 0.3) is 21.5 Å². The zero-order chi connectivity index (χ0) is 13.4. The molecule has 0 saturated heterocycles. The van der Waals surface area contributed by atoms with Crippen molar-refractivity contribution < 1.29 is 14.6 Å². The number of phenols is 1. The lowest BCUT2D eigenvalue weighted by molar-refractivity contribution is 0.374. The second-order valence-corrected chi connectivity index (χ2v) is 4.40. The number of fused-ring (bicyclic) bond motifs is 3. The number of aromatic hydroxyl groups is 1. The first-order chi connectivity index (χ1) is 9.22. The van der Waals surface area contributed by atoms with Crippen LogP contribution in [0.3, 0.4) is 0 Å². The topological polar surface area (TPSA) is 38.7 Å². The number of benzene rings is 3. The lowest BCUT2D eigenvalue weighted by atomic mass is 10.0. The molecule has 0 heterocycles. The predicted molar refractivity (Wildman–Crippen MR) is 76.2 cm³/mol. The molecule has 0 bridgehead atoms. The van der Waals surface area contributed by atoms with Gasteiger partial charge in [0.25, 0.3) is 0 Å². The van der Waals surface area contributed by atoms with E-state index in [0.717, 1.165) is 27.3 Å². The molecular weight excluding hydrogens is 240 g/mol. The number of rotatable bonds is 2. The number of phenolic OH excluding ortho intramolecular Hbond substituents is 1. The van der Waals surface area contributed by atoms with Crippen molar-refractivity contribution in [1.82, 2.24) is 0 Å². The van der Waals surface area contributed by atoms with E-state index in [1.165, 1.54) is 0 Å². The molecule has 19 heavy (non-hydrogen) atoms. The Morgan fingerprint density at radius 3 is 2.21 bits per heavy atom. The van der Waals surface area contributed by atoms with Crippen molar-refractivity contribution in [3.63, 3.8) is 0 Å². The minimum absolute atomic E-state index is 0.155. The van der Waals surface area contributed by atoms with Gasteiger partial charge in [-0.05, 0) is 45.8 Å². The fourth-order valence-electron chi connectivity index (χ4n) is 2.35. The van der Waals surface area contributed by atoms with E-state index in [1.54, 1.807) is 20.3 Å². The number of hydrogen-bond donors (Lipinski definition) is 1. The molecule has 0 amide bonds. The van der Waals surface area contributed by atoms with Crippen LogP contribution in [0.2, 0.25) is 0 Å². The van der Waals surface area contributed by atoms with Crippen LogP contribution in [0, 0.1) is 0 Å². The van der Waals surface area contributed by atoms with Crippen molar-refractivity contribution >= 4 is 21.5 Å². The third kappa shape index (κ3) is 1.83. The van der Waals surface area contributed by atoms with E-state index in [1.807, 2.05) is 36.4 Å². The van der Waals surface area contributed by atoms with Gasteiger partial charge in [0.15, 0.2) is 11.5 Å². The summed E-state index contributed by atoms with van der Waals surface area (Å²) in [7, 11) is 3.21. The minimum atomic E-state index is 0.155. The average molecular weight is 254 g/mol. The Hall–Kier alpha value is -2.42. The zero-order valence-electron chi connectivity index (χ0n) is 10.8. The summed E-state index contributed by atoms with van der Waals surface area (Å²) < 4.78 is 10.4. The molecule has 0 fully saturated rings. The normalized spacial score (nSPS) is 10.8. The van der Waals surface area contributed by atoms with E-state index in [9.17, 15) is 5.11 Å². The van der Waals surface area contributed by atoms with Crippen molar-refractivity contribution in [1.29, 1.82) is 0 Å². The SMILES string of the molecule is COc1ccc2c(ccc3cc(O)c(OC)cc32)c1. The van der Waals surface area contributed by atoms with E-state index in [2.05, 4.69) is 0 Å². The Labute approximate surface area is 111 Å². The maximum Gasteiger partial charge on any atom is 0.161 e.